The highest BCUT2D eigenvalue weighted by Crippen LogP contribution is 2.39. The molecule has 0 saturated heterocycles. The highest BCUT2D eigenvalue weighted by molar-refractivity contribution is 8.00. The lowest BCUT2D eigenvalue weighted by molar-refractivity contribution is 0.524. The first-order valence-electron chi connectivity index (χ1n) is 6.54. The van der Waals surface area contributed by atoms with E-state index in [9.17, 15) is 0 Å². The molecule has 0 aromatic heterocycles. The molecule has 1 aliphatic carbocycles. The summed E-state index contributed by atoms with van der Waals surface area (Å²) in [7, 11) is 0. The molecule has 0 heterocycles. The minimum atomic E-state index is 0.662. The first-order valence-corrected chi connectivity index (χ1v) is 8.17. The molecule has 1 N–H and O–H groups in total. The van der Waals surface area contributed by atoms with Crippen LogP contribution in [-0.2, 0) is 0 Å². The third-order valence-electron chi connectivity index (χ3n) is 3.25. The van der Waals surface area contributed by atoms with Gasteiger partial charge in [-0.15, -0.1) is 11.8 Å². The van der Waals surface area contributed by atoms with E-state index in [-0.39, 0.29) is 0 Å². The van der Waals surface area contributed by atoms with Crippen molar-refractivity contribution in [1.29, 1.82) is 0 Å². The van der Waals surface area contributed by atoms with Crippen LogP contribution in [0.1, 0.15) is 32.6 Å². The van der Waals surface area contributed by atoms with Crippen molar-refractivity contribution in [3.8, 4) is 0 Å². The highest BCUT2D eigenvalue weighted by Gasteiger charge is 2.25. The molecule has 4 heteroatoms. The van der Waals surface area contributed by atoms with Gasteiger partial charge in [-0.05, 0) is 50.4 Å². The summed E-state index contributed by atoms with van der Waals surface area (Å²) in [5, 5.41) is 5.84. The molecule has 1 fully saturated rings. The number of hydrogen-bond acceptors (Lipinski definition) is 2. The zero-order valence-corrected chi connectivity index (χ0v) is 12.9. The summed E-state index contributed by atoms with van der Waals surface area (Å²) in [5.41, 5.74) is 0. The molecule has 1 aromatic carbocycles. The van der Waals surface area contributed by atoms with E-state index in [1.807, 2.05) is 30.0 Å². The summed E-state index contributed by atoms with van der Waals surface area (Å²) >= 11 is 14.1. The first kappa shape index (κ1) is 14.5. The molecule has 1 saturated carbocycles. The zero-order chi connectivity index (χ0) is 13.0. The van der Waals surface area contributed by atoms with Crippen LogP contribution in [0.25, 0.3) is 0 Å². The Kier molecular flexibility index (Phi) is 5.68. The molecule has 18 heavy (non-hydrogen) atoms. The number of nitrogens with one attached hydrogen (secondary N) is 1. The lowest BCUT2D eigenvalue weighted by Crippen LogP contribution is -2.27. The summed E-state index contributed by atoms with van der Waals surface area (Å²) in [6.45, 7) is 3.33. The molecule has 1 nitrogen and oxygen atoms in total. The Morgan fingerprint density at radius 1 is 1.33 bits per heavy atom. The van der Waals surface area contributed by atoms with Crippen LogP contribution >= 0.6 is 35.0 Å². The van der Waals surface area contributed by atoms with Crippen LogP contribution in [0.3, 0.4) is 0 Å². The quantitative estimate of drug-likeness (QED) is 0.821. The molecule has 100 valence electrons. The third kappa shape index (κ3) is 4.06. The Labute approximate surface area is 124 Å². The Morgan fingerprint density at radius 3 is 2.94 bits per heavy atom. The van der Waals surface area contributed by atoms with Gasteiger partial charge in [0.05, 0.1) is 5.02 Å². The minimum Gasteiger partial charge on any atom is -0.314 e. The molecule has 2 rings (SSSR count). The largest absolute Gasteiger partial charge is 0.314 e. The van der Waals surface area contributed by atoms with Crippen LogP contribution in [-0.4, -0.2) is 17.8 Å². The van der Waals surface area contributed by atoms with Gasteiger partial charge in [0.2, 0.25) is 0 Å². The molecule has 0 radical (unpaired) electrons. The van der Waals surface area contributed by atoms with Crippen molar-refractivity contribution in [2.75, 3.05) is 6.54 Å². The zero-order valence-electron chi connectivity index (χ0n) is 10.6. The fraction of sp³-hybridized carbons (Fsp3) is 0.571. The van der Waals surface area contributed by atoms with Crippen LogP contribution in [0, 0.1) is 0 Å². The Balaban J connectivity index is 1.89. The van der Waals surface area contributed by atoms with Crippen LogP contribution in [0.2, 0.25) is 10.0 Å². The molecule has 2 atom stereocenters. The lowest BCUT2D eigenvalue weighted by atomic mass is 10.2. The molecule has 0 bridgehead atoms. The normalized spacial score (nSPS) is 23.5. The smallest absolute Gasteiger partial charge is 0.0542 e. The monoisotopic (exact) mass is 303 g/mol. The van der Waals surface area contributed by atoms with Gasteiger partial charge in [-0.25, -0.2) is 0 Å². The van der Waals surface area contributed by atoms with Crippen LogP contribution in [0.4, 0.5) is 0 Å². The fourth-order valence-corrected chi connectivity index (χ4v) is 4.13. The van der Waals surface area contributed by atoms with Gasteiger partial charge in [-0.3, -0.25) is 0 Å². The van der Waals surface area contributed by atoms with Gasteiger partial charge < -0.3 is 5.32 Å². The summed E-state index contributed by atoms with van der Waals surface area (Å²) in [6, 6.07) is 6.38. The summed E-state index contributed by atoms with van der Waals surface area (Å²) < 4.78 is 0. The predicted molar refractivity (Wildman–Crippen MR) is 82.0 cm³/mol. The Bertz CT molecular complexity index is 397. The van der Waals surface area contributed by atoms with E-state index in [1.165, 1.54) is 25.7 Å². The second-order valence-corrected chi connectivity index (χ2v) is 6.96. The SMILES string of the molecule is CCCNC1CCC(Sc2cc(Cl)ccc2Cl)C1. The van der Waals surface area contributed by atoms with Crippen LogP contribution < -0.4 is 5.32 Å². The maximum Gasteiger partial charge on any atom is 0.0542 e. The van der Waals surface area contributed by atoms with Crippen molar-refractivity contribution in [1.82, 2.24) is 5.32 Å². The first-order chi connectivity index (χ1) is 8.69. The molecule has 2 unspecified atom stereocenters. The van der Waals surface area contributed by atoms with Crippen LogP contribution in [0.15, 0.2) is 23.1 Å². The molecule has 0 spiro atoms. The number of thioether (sulfide) groups is 1. The standard InChI is InChI=1S/C14H19Cl2NS/c1-2-7-17-11-4-5-12(9-11)18-14-8-10(15)3-6-13(14)16/h3,6,8,11-12,17H,2,4-5,7,9H2,1H3. The van der Waals surface area contributed by atoms with Crippen LogP contribution in [0.5, 0.6) is 0 Å². The second kappa shape index (κ2) is 7.04. The van der Waals surface area contributed by atoms with Gasteiger partial charge in [-0.2, -0.15) is 0 Å². The average molecular weight is 304 g/mol. The maximum atomic E-state index is 6.20. The molecule has 1 aliphatic rings. The van der Waals surface area contributed by atoms with Crippen molar-refractivity contribution in [2.24, 2.45) is 0 Å². The van der Waals surface area contributed by atoms with Crippen molar-refractivity contribution in [3.05, 3.63) is 28.2 Å². The fourth-order valence-electron chi connectivity index (χ4n) is 2.33. The molecule has 0 amide bonds. The van der Waals surface area contributed by atoms with E-state index in [4.69, 9.17) is 23.2 Å². The third-order valence-corrected chi connectivity index (χ3v) is 5.28. The summed E-state index contributed by atoms with van der Waals surface area (Å²) in [4.78, 5) is 1.12. The van der Waals surface area contributed by atoms with Crippen molar-refractivity contribution in [3.63, 3.8) is 0 Å². The number of rotatable bonds is 5. The number of halogens is 2. The van der Waals surface area contributed by atoms with Gasteiger partial charge in [-0.1, -0.05) is 30.1 Å². The number of benzene rings is 1. The predicted octanol–water partition coefficient (Wildman–Crippen LogP) is 5.01. The van der Waals surface area contributed by atoms with Crippen molar-refractivity contribution in [2.45, 2.75) is 48.8 Å². The molecule has 1 aromatic rings. The van der Waals surface area contributed by atoms with Gasteiger partial charge >= 0.3 is 0 Å². The minimum absolute atomic E-state index is 0.662. The van der Waals surface area contributed by atoms with E-state index < -0.39 is 0 Å². The van der Waals surface area contributed by atoms with E-state index in [1.54, 1.807) is 0 Å². The topological polar surface area (TPSA) is 12.0 Å². The molecular formula is C14H19Cl2NS. The van der Waals surface area contributed by atoms with Crippen molar-refractivity contribution < 1.29 is 0 Å². The molecular weight excluding hydrogens is 285 g/mol. The van der Waals surface area contributed by atoms with E-state index in [0.29, 0.717) is 11.3 Å². The second-order valence-electron chi connectivity index (χ2n) is 4.78. The van der Waals surface area contributed by atoms with Gasteiger partial charge in [0.1, 0.15) is 0 Å². The summed E-state index contributed by atoms with van der Waals surface area (Å²) in [5.74, 6) is 0. The van der Waals surface area contributed by atoms with Gasteiger partial charge in [0, 0.05) is 21.2 Å². The summed E-state index contributed by atoms with van der Waals surface area (Å²) in [6.07, 6.45) is 4.96. The molecule has 0 aliphatic heterocycles. The highest BCUT2D eigenvalue weighted by atomic mass is 35.5. The van der Waals surface area contributed by atoms with Crippen molar-refractivity contribution >= 4 is 35.0 Å². The maximum absolute atomic E-state index is 6.20. The lowest BCUT2D eigenvalue weighted by Gasteiger charge is -2.13. The van der Waals surface area contributed by atoms with E-state index >= 15 is 0 Å². The average Bonchev–Trinajstić information content (AvgIpc) is 2.79. The Hall–Kier alpha value is 0.110. The van der Waals surface area contributed by atoms with E-state index in [2.05, 4.69) is 12.2 Å². The van der Waals surface area contributed by atoms with Gasteiger partial charge in [0.15, 0.2) is 0 Å². The number of hydrogen-bond donors (Lipinski definition) is 1. The Morgan fingerprint density at radius 2 is 2.17 bits per heavy atom. The van der Waals surface area contributed by atoms with Gasteiger partial charge in [0.25, 0.3) is 0 Å². The van der Waals surface area contributed by atoms with E-state index in [0.717, 1.165) is 21.5 Å².